The summed E-state index contributed by atoms with van der Waals surface area (Å²) in [6, 6.07) is 57.3. The molecule has 6 heteroatoms. The Bertz CT molecular complexity index is 3190. The first-order valence-corrected chi connectivity index (χ1v) is 18.5. The molecular formula is C49H28ClN3O2. The first-order valence-electron chi connectivity index (χ1n) is 18.1. The summed E-state index contributed by atoms with van der Waals surface area (Å²) in [6.45, 7) is 0. The number of fused-ring (bicyclic) bond motifs is 4. The highest BCUT2D eigenvalue weighted by molar-refractivity contribution is 6.33. The number of furan rings is 1. The number of halogens is 1. The first kappa shape index (κ1) is 31.4. The average molecular weight is 726 g/mol. The molecule has 0 aliphatic heterocycles. The topological polar surface area (TPSA) is 61.0 Å². The fourth-order valence-electron chi connectivity index (χ4n) is 7.92. The van der Waals surface area contributed by atoms with Crippen LogP contribution in [0.1, 0.15) is 0 Å². The predicted molar refractivity (Wildman–Crippen MR) is 224 cm³/mol. The Morgan fingerprint density at radius 3 is 1.67 bits per heavy atom. The van der Waals surface area contributed by atoms with Crippen molar-refractivity contribution in [3.63, 3.8) is 0 Å². The molecule has 0 fully saturated rings. The van der Waals surface area contributed by atoms with E-state index in [0.29, 0.717) is 34.0 Å². The number of hydrogen-bond acceptors (Lipinski definition) is 5. The van der Waals surface area contributed by atoms with Crippen LogP contribution in [0, 0.1) is 0 Å². The third kappa shape index (κ3) is 5.20. The molecule has 0 aliphatic rings. The van der Waals surface area contributed by atoms with Gasteiger partial charge in [-0.05, 0) is 73.8 Å². The van der Waals surface area contributed by atoms with Crippen molar-refractivity contribution >= 4 is 65.9 Å². The van der Waals surface area contributed by atoms with Crippen LogP contribution in [-0.2, 0) is 0 Å². The van der Waals surface area contributed by atoms with Crippen LogP contribution in [0.3, 0.4) is 0 Å². The number of benzene rings is 9. The molecular weight excluding hydrogens is 698 g/mol. The molecule has 55 heavy (non-hydrogen) atoms. The molecule has 9 aromatic carbocycles. The molecule has 258 valence electrons. The van der Waals surface area contributed by atoms with Crippen molar-refractivity contribution in [2.24, 2.45) is 0 Å². The normalized spacial score (nSPS) is 11.7. The molecule has 0 amide bonds. The van der Waals surface area contributed by atoms with E-state index in [1.165, 1.54) is 10.8 Å². The number of rotatable bonds is 6. The Hall–Kier alpha value is -7.08. The zero-order chi connectivity index (χ0) is 36.5. The van der Waals surface area contributed by atoms with Crippen LogP contribution >= 0.6 is 11.6 Å². The van der Waals surface area contributed by atoms with Crippen molar-refractivity contribution in [1.29, 1.82) is 0 Å². The van der Waals surface area contributed by atoms with E-state index in [0.717, 1.165) is 71.3 Å². The molecule has 0 radical (unpaired) electrons. The monoisotopic (exact) mass is 725 g/mol. The van der Waals surface area contributed by atoms with E-state index in [1.807, 2.05) is 97.1 Å². The van der Waals surface area contributed by atoms with Gasteiger partial charge in [0.15, 0.2) is 17.5 Å². The van der Waals surface area contributed by atoms with Gasteiger partial charge in [-0.3, -0.25) is 0 Å². The lowest BCUT2D eigenvalue weighted by atomic mass is 9.94. The first-order chi connectivity index (χ1) is 27.2. The van der Waals surface area contributed by atoms with E-state index in [9.17, 15) is 0 Å². The van der Waals surface area contributed by atoms with Crippen molar-refractivity contribution in [3.05, 3.63) is 175 Å². The molecule has 2 aromatic heterocycles. The maximum Gasteiger partial charge on any atom is 0.164 e. The second-order valence-electron chi connectivity index (χ2n) is 13.7. The second kappa shape index (κ2) is 12.5. The van der Waals surface area contributed by atoms with Gasteiger partial charge >= 0.3 is 0 Å². The summed E-state index contributed by atoms with van der Waals surface area (Å²) in [5.41, 5.74) is 6.41. The minimum atomic E-state index is 0.512. The van der Waals surface area contributed by atoms with Gasteiger partial charge in [-0.2, -0.15) is 0 Å². The third-order valence-electron chi connectivity index (χ3n) is 10.4. The molecule has 11 aromatic rings. The van der Waals surface area contributed by atoms with Crippen molar-refractivity contribution in [2.45, 2.75) is 0 Å². The highest BCUT2D eigenvalue weighted by atomic mass is 35.5. The van der Waals surface area contributed by atoms with E-state index in [1.54, 1.807) is 0 Å². The molecule has 0 unspecified atom stereocenters. The number of hydrogen-bond donors (Lipinski definition) is 0. The minimum absolute atomic E-state index is 0.512. The van der Waals surface area contributed by atoms with E-state index in [2.05, 4.69) is 72.8 Å². The molecule has 0 N–H and O–H groups in total. The summed E-state index contributed by atoms with van der Waals surface area (Å²) in [5, 5.41) is 9.43. The van der Waals surface area contributed by atoms with Gasteiger partial charge in [0, 0.05) is 33.5 Å². The summed E-state index contributed by atoms with van der Waals surface area (Å²) in [5.74, 6) is 3.05. The quantitative estimate of drug-likeness (QED) is 0.160. The van der Waals surface area contributed by atoms with Crippen LogP contribution in [0.25, 0.3) is 99.5 Å². The average Bonchev–Trinajstić information content (AvgIpc) is 3.63. The van der Waals surface area contributed by atoms with Gasteiger partial charge in [0.05, 0.1) is 5.02 Å². The van der Waals surface area contributed by atoms with Crippen LogP contribution in [0.5, 0.6) is 11.5 Å². The van der Waals surface area contributed by atoms with Crippen LogP contribution in [0.4, 0.5) is 0 Å². The molecule has 0 aliphatic carbocycles. The lowest BCUT2D eigenvalue weighted by Crippen LogP contribution is -2.00. The summed E-state index contributed by atoms with van der Waals surface area (Å²) in [4.78, 5) is 14.9. The highest BCUT2D eigenvalue weighted by Crippen LogP contribution is 2.45. The Labute approximate surface area is 320 Å². The van der Waals surface area contributed by atoms with Crippen LogP contribution in [-0.4, -0.2) is 15.0 Å². The highest BCUT2D eigenvalue weighted by Gasteiger charge is 2.20. The third-order valence-corrected chi connectivity index (χ3v) is 10.7. The van der Waals surface area contributed by atoms with Crippen LogP contribution in [0.2, 0.25) is 5.02 Å². The van der Waals surface area contributed by atoms with E-state index < -0.39 is 0 Å². The zero-order valence-corrected chi connectivity index (χ0v) is 30.0. The summed E-state index contributed by atoms with van der Waals surface area (Å²) in [7, 11) is 0. The van der Waals surface area contributed by atoms with Crippen LogP contribution < -0.4 is 4.74 Å². The smallest absolute Gasteiger partial charge is 0.164 e. The Kier molecular flexibility index (Phi) is 7.15. The van der Waals surface area contributed by atoms with Crippen molar-refractivity contribution < 1.29 is 9.15 Å². The minimum Gasteiger partial charge on any atom is -0.456 e. The molecule has 0 saturated carbocycles. The molecule has 5 nitrogen and oxygen atoms in total. The maximum absolute atomic E-state index is 6.86. The zero-order valence-electron chi connectivity index (χ0n) is 29.2. The van der Waals surface area contributed by atoms with Gasteiger partial charge in [-0.1, -0.05) is 145 Å². The number of ether oxygens (including phenoxy) is 1. The van der Waals surface area contributed by atoms with Crippen molar-refractivity contribution in [3.8, 4) is 56.8 Å². The lowest BCUT2D eigenvalue weighted by molar-refractivity contribution is 0.483. The van der Waals surface area contributed by atoms with E-state index in [4.69, 9.17) is 35.7 Å². The van der Waals surface area contributed by atoms with Crippen molar-refractivity contribution in [1.82, 2.24) is 15.0 Å². The molecule has 0 saturated heterocycles. The second-order valence-corrected chi connectivity index (χ2v) is 14.1. The standard InChI is InChI=1S/C49H28ClN3O2/c50-41-25-22-31(26-43(41)54-32-27-40-37-19-10-8-17-35(37)38-20-11-21-42-45(38)46(40)44(28-32)55-42)33-23-24-39(36-18-9-7-16-34(33)36)49-52-47(29-12-3-1-4-13-29)51-48(53-49)30-14-5-2-6-15-30/h1-28H. The van der Waals surface area contributed by atoms with Gasteiger partial charge in [0.2, 0.25) is 0 Å². The predicted octanol–water partition coefficient (Wildman–Crippen LogP) is 13.8. The maximum atomic E-state index is 6.86. The largest absolute Gasteiger partial charge is 0.456 e. The molecule has 0 spiro atoms. The number of aromatic nitrogens is 3. The fraction of sp³-hybridized carbons (Fsp3) is 0. The van der Waals surface area contributed by atoms with E-state index in [-0.39, 0.29) is 0 Å². The SMILES string of the molecule is Clc1ccc(-c2ccc(-c3nc(-c4ccccc4)nc(-c4ccccc4)n3)c3ccccc23)cc1Oc1cc2oc3cccc4c5ccccc5c(c1)c2c34. The van der Waals surface area contributed by atoms with Gasteiger partial charge in [-0.15, -0.1) is 0 Å². The Morgan fingerprint density at radius 1 is 0.400 bits per heavy atom. The molecule has 0 atom stereocenters. The molecule has 0 bridgehead atoms. The lowest BCUT2D eigenvalue weighted by Gasteiger charge is -2.15. The van der Waals surface area contributed by atoms with Crippen molar-refractivity contribution in [2.75, 3.05) is 0 Å². The Balaban J connectivity index is 1.03. The fourth-order valence-corrected chi connectivity index (χ4v) is 8.08. The van der Waals surface area contributed by atoms with E-state index >= 15 is 0 Å². The summed E-state index contributed by atoms with van der Waals surface area (Å²) >= 11 is 6.86. The van der Waals surface area contributed by atoms with Gasteiger partial charge in [0.1, 0.15) is 22.7 Å². The summed E-state index contributed by atoms with van der Waals surface area (Å²) in [6.07, 6.45) is 0. The Morgan fingerprint density at radius 2 is 0.964 bits per heavy atom. The summed E-state index contributed by atoms with van der Waals surface area (Å²) < 4.78 is 13.1. The van der Waals surface area contributed by atoms with Gasteiger partial charge in [0.25, 0.3) is 0 Å². The van der Waals surface area contributed by atoms with Crippen LogP contribution in [0.15, 0.2) is 174 Å². The molecule has 11 rings (SSSR count). The molecule has 2 heterocycles. The van der Waals surface area contributed by atoms with Gasteiger partial charge < -0.3 is 9.15 Å². The van der Waals surface area contributed by atoms with Gasteiger partial charge in [-0.25, -0.2) is 15.0 Å². The number of nitrogens with zero attached hydrogens (tertiary/aromatic N) is 3.